The Morgan fingerprint density at radius 1 is 0.500 bits per heavy atom. The first-order valence-electron chi connectivity index (χ1n) is 9.08. The molecule has 0 aromatic heterocycles. The minimum atomic E-state index is -2.12. The van der Waals surface area contributed by atoms with Crippen LogP contribution in [-0.2, 0) is 26.2 Å². The van der Waals surface area contributed by atoms with E-state index in [4.69, 9.17) is 0 Å². The summed E-state index contributed by atoms with van der Waals surface area (Å²) in [7, 11) is -2.27. The van der Waals surface area contributed by atoms with Gasteiger partial charge in [-0.15, -0.1) is 53.1 Å². The predicted molar refractivity (Wildman–Crippen MR) is 147 cm³/mol. The van der Waals surface area contributed by atoms with Crippen molar-refractivity contribution >= 4 is 76.7 Å². The van der Waals surface area contributed by atoms with Gasteiger partial charge in [-0.1, -0.05) is 91.0 Å². The molecule has 30 heavy (non-hydrogen) atoms. The fourth-order valence-electron chi connectivity index (χ4n) is 4.29. The number of hydrogen-bond acceptors (Lipinski definition) is 0. The van der Waals surface area contributed by atoms with E-state index in [1.807, 2.05) is 0 Å². The Morgan fingerprint density at radius 2 is 0.733 bits per heavy atom. The topological polar surface area (TPSA) is 0 Å². The van der Waals surface area contributed by atoms with Crippen LogP contribution in [0.5, 0.6) is 0 Å². The van der Waals surface area contributed by atoms with Gasteiger partial charge in [0.1, 0.15) is 0 Å². The van der Waals surface area contributed by atoms with Crippen LogP contribution in [0.25, 0.3) is 0 Å². The van der Waals surface area contributed by atoms with Crippen molar-refractivity contribution in [3.8, 4) is 0 Å². The molecular formula is C23H31Cl3P2SiZr. The molecule has 162 valence electrons. The molecule has 0 aliphatic heterocycles. The van der Waals surface area contributed by atoms with Crippen molar-refractivity contribution in [1.82, 2.24) is 0 Å². The van der Waals surface area contributed by atoms with Crippen molar-refractivity contribution in [2.75, 3.05) is 26.7 Å². The Balaban J connectivity index is 0. The molecule has 0 radical (unpaired) electrons. The first-order valence-corrected chi connectivity index (χ1v) is 15.8. The Bertz CT molecular complexity index is 717. The molecule has 0 atom stereocenters. The third-order valence-electron chi connectivity index (χ3n) is 5.05. The molecule has 0 N–H and O–H groups in total. The van der Waals surface area contributed by atoms with E-state index in [0.29, 0.717) is 0 Å². The largest absolute Gasteiger partial charge is 0.159 e. The van der Waals surface area contributed by atoms with Crippen LogP contribution in [0.2, 0.25) is 0 Å². The Labute approximate surface area is 223 Å². The van der Waals surface area contributed by atoms with E-state index < -0.39 is 8.07 Å². The SMILES string of the molecule is CP(C)C(P(C)C)[Si](c1ccccc1)(c1ccccc1)c1ccccc1.Cl.Cl.Cl.[Zr]. The molecule has 3 aromatic rings. The van der Waals surface area contributed by atoms with Gasteiger partial charge in [0.25, 0.3) is 0 Å². The van der Waals surface area contributed by atoms with Crippen molar-refractivity contribution in [3.63, 3.8) is 0 Å². The zero-order valence-electron chi connectivity index (χ0n) is 17.9. The molecule has 0 bridgehead atoms. The standard InChI is InChI=1S/C23H28P2Si.3ClH.Zr/c1-24(2)23(25(3)4)26(20-14-8-5-9-15-20,21-16-10-6-11-17-21)22-18-12-7-13-19-22;;;;/h5-19,23H,1-4H3;3*1H;. The first-order chi connectivity index (χ1) is 12.6. The maximum absolute atomic E-state index is 2.49. The van der Waals surface area contributed by atoms with E-state index in [1.54, 1.807) is 15.6 Å². The van der Waals surface area contributed by atoms with Crippen LogP contribution in [-0.4, -0.2) is 39.8 Å². The molecule has 0 spiro atoms. The molecule has 0 heterocycles. The van der Waals surface area contributed by atoms with Crippen molar-refractivity contribution in [2.45, 2.75) is 5.02 Å². The fraction of sp³-hybridized carbons (Fsp3) is 0.217. The summed E-state index contributed by atoms with van der Waals surface area (Å²) in [4.78, 5) is 0. The zero-order chi connectivity index (χ0) is 18.6. The summed E-state index contributed by atoms with van der Waals surface area (Å²) in [6, 6.07) is 34.1. The number of halogens is 3. The minimum Gasteiger partial charge on any atom is -0.147 e. The predicted octanol–water partition coefficient (Wildman–Crippen LogP) is 5.77. The van der Waals surface area contributed by atoms with Gasteiger partial charge in [0.05, 0.1) is 0 Å². The number of rotatable bonds is 6. The fourth-order valence-corrected chi connectivity index (χ4v) is 20.9. The van der Waals surface area contributed by atoms with Crippen LogP contribution in [0, 0.1) is 0 Å². The average Bonchev–Trinajstić information content (AvgIpc) is 2.67. The molecule has 0 amide bonds. The second-order valence-corrected chi connectivity index (χ2v) is 17.4. The van der Waals surface area contributed by atoms with E-state index in [-0.39, 0.29) is 79.3 Å². The van der Waals surface area contributed by atoms with Gasteiger partial charge in [-0.25, -0.2) is 0 Å². The summed E-state index contributed by atoms with van der Waals surface area (Å²) in [5.41, 5.74) is 0. The van der Waals surface area contributed by atoms with Crippen molar-refractivity contribution in [2.24, 2.45) is 0 Å². The van der Waals surface area contributed by atoms with E-state index in [1.165, 1.54) is 0 Å². The maximum atomic E-state index is 2.49. The molecule has 0 saturated heterocycles. The third-order valence-corrected chi connectivity index (χ3v) is 19.7. The Hall–Kier alpha value is 0.490. The molecule has 3 rings (SSSR count). The van der Waals surface area contributed by atoms with E-state index >= 15 is 0 Å². The average molecular weight is 595 g/mol. The van der Waals surface area contributed by atoms with Crippen LogP contribution in [0.4, 0.5) is 0 Å². The van der Waals surface area contributed by atoms with Crippen molar-refractivity contribution < 1.29 is 26.2 Å². The molecule has 0 fully saturated rings. The van der Waals surface area contributed by atoms with Crippen molar-refractivity contribution in [1.29, 1.82) is 0 Å². The molecule has 7 heteroatoms. The monoisotopic (exact) mass is 592 g/mol. The van der Waals surface area contributed by atoms with Gasteiger partial charge in [-0.2, -0.15) is 0 Å². The summed E-state index contributed by atoms with van der Waals surface area (Å²) in [6.45, 7) is 9.94. The van der Waals surface area contributed by atoms with Crippen LogP contribution in [0.3, 0.4) is 0 Å². The molecule has 3 aromatic carbocycles. The van der Waals surface area contributed by atoms with Crippen LogP contribution in [0.15, 0.2) is 91.0 Å². The van der Waals surface area contributed by atoms with Gasteiger partial charge in [-0.05, 0) is 42.2 Å². The van der Waals surface area contributed by atoms with Gasteiger partial charge < -0.3 is 0 Å². The van der Waals surface area contributed by atoms with E-state index in [9.17, 15) is 0 Å². The molecule has 0 saturated carbocycles. The van der Waals surface area contributed by atoms with Gasteiger partial charge >= 0.3 is 0 Å². The first kappa shape index (κ1) is 32.7. The molecule has 0 aliphatic rings. The summed E-state index contributed by atoms with van der Waals surface area (Å²) in [5.74, 6) is 0. The number of hydrogen-bond donors (Lipinski definition) is 0. The van der Waals surface area contributed by atoms with Crippen LogP contribution < -0.4 is 15.6 Å². The van der Waals surface area contributed by atoms with Crippen LogP contribution in [0.1, 0.15) is 0 Å². The summed E-state index contributed by atoms with van der Waals surface area (Å²) in [5, 5.41) is 5.40. The van der Waals surface area contributed by atoms with E-state index in [2.05, 4.69) is 118 Å². The van der Waals surface area contributed by atoms with Gasteiger partial charge in [0, 0.05) is 31.2 Å². The molecule has 0 unspecified atom stereocenters. The van der Waals surface area contributed by atoms with Gasteiger partial charge in [0.2, 0.25) is 0 Å². The minimum absolute atomic E-state index is 0. The summed E-state index contributed by atoms with van der Waals surface area (Å²) < 4.78 is 0. The molecular weight excluding hydrogens is 564 g/mol. The normalized spacial score (nSPS) is 10.5. The second kappa shape index (κ2) is 15.3. The molecule has 0 nitrogen and oxygen atoms in total. The van der Waals surface area contributed by atoms with E-state index in [0.717, 1.165) is 5.02 Å². The zero-order valence-corrected chi connectivity index (χ0v) is 25.6. The van der Waals surface area contributed by atoms with Crippen LogP contribution >= 0.6 is 53.1 Å². The smallest absolute Gasteiger partial charge is 0.147 e. The second-order valence-electron chi connectivity index (χ2n) is 7.21. The third kappa shape index (κ3) is 6.75. The maximum Gasteiger partial charge on any atom is 0.159 e. The van der Waals surface area contributed by atoms with Gasteiger partial charge in [-0.3, -0.25) is 0 Å². The van der Waals surface area contributed by atoms with Gasteiger partial charge in [0.15, 0.2) is 8.07 Å². The molecule has 0 aliphatic carbocycles. The summed E-state index contributed by atoms with van der Waals surface area (Å²) >= 11 is 0. The Kier molecular flexibility index (Phi) is 16.7. The number of benzene rings is 3. The van der Waals surface area contributed by atoms with Crippen molar-refractivity contribution in [3.05, 3.63) is 91.0 Å². The Morgan fingerprint density at radius 3 is 0.933 bits per heavy atom. The summed E-state index contributed by atoms with van der Waals surface area (Å²) in [6.07, 6.45) is 0. The quantitative estimate of drug-likeness (QED) is 0.193.